The second-order valence-corrected chi connectivity index (χ2v) is 8.26. The van der Waals surface area contributed by atoms with Crippen molar-refractivity contribution in [2.45, 2.75) is 51.6 Å². The van der Waals surface area contributed by atoms with Crippen LogP contribution in [0.15, 0.2) is 21.1 Å². The minimum absolute atomic E-state index is 0. The first-order valence-corrected chi connectivity index (χ1v) is 9.60. The standard InChI is InChI=1S/C15H24N4S2.2ClH/c1-4-5-6-11-7-19-12(9-21-14(19)17-11)8-20-13-16-10-15(2,3)18-13;;/h9,11H,4-8,10H2,1-3H3,(H,16,18);2*1H. The highest BCUT2D eigenvalue weighted by molar-refractivity contribution is 8.17. The molecule has 0 spiro atoms. The lowest BCUT2D eigenvalue weighted by molar-refractivity contribution is 0.485. The summed E-state index contributed by atoms with van der Waals surface area (Å²) in [6.07, 6.45) is 3.76. The van der Waals surface area contributed by atoms with Crippen LogP contribution in [0.3, 0.4) is 0 Å². The van der Waals surface area contributed by atoms with Gasteiger partial charge in [0, 0.05) is 18.0 Å². The Morgan fingerprint density at radius 1 is 1.43 bits per heavy atom. The molecule has 0 saturated heterocycles. The first-order chi connectivity index (χ1) is 10.1. The van der Waals surface area contributed by atoms with Crippen molar-refractivity contribution >= 4 is 58.7 Å². The van der Waals surface area contributed by atoms with Crippen LogP contribution in [0.2, 0.25) is 0 Å². The third-order valence-electron chi connectivity index (χ3n) is 3.88. The lowest BCUT2D eigenvalue weighted by atomic mass is 10.1. The fourth-order valence-corrected chi connectivity index (χ4v) is 4.76. The molecule has 0 saturated carbocycles. The van der Waals surface area contributed by atoms with Gasteiger partial charge >= 0.3 is 0 Å². The zero-order valence-corrected chi connectivity index (χ0v) is 17.1. The molecule has 3 heterocycles. The Labute approximate surface area is 160 Å². The van der Waals surface area contributed by atoms with E-state index in [1.165, 1.54) is 30.1 Å². The molecular weight excluding hydrogens is 371 g/mol. The second-order valence-electron chi connectivity index (χ2n) is 6.46. The van der Waals surface area contributed by atoms with Crippen LogP contribution >= 0.6 is 48.3 Å². The molecular formula is C15H26Cl2N4S2. The van der Waals surface area contributed by atoms with Crippen molar-refractivity contribution in [2.75, 3.05) is 18.8 Å². The summed E-state index contributed by atoms with van der Waals surface area (Å²) in [4.78, 5) is 11.8. The molecule has 0 bridgehead atoms. The van der Waals surface area contributed by atoms with Crippen LogP contribution in [0.1, 0.15) is 40.0 Å². The van der Waals surface area contributed by atoms with Gasteiger partial charge in [0.05, 0.1) is 18.1 Å². The van der Waals surface area contributed by atoms with Crippen molar-refractivity contribution in [3.05, 3.63) is 11.1 Å². The fourth-order valence-electron chi connectivity index (χ4n) is 2.64. The maximum atomic E-state index is 4.84. The number of unbranched alkanes of at least 4 members (excludes halogenated alkanes) is 1. The summed E-state index contributed by atoms with van der Waals surface area (Å²) in [6, 6.07) is 0.502. The molecule has 3 aliphatic rings. The minimum Gasteiger partial charge on any atom is -0.358 e. The molecule has 4 nitrogen and oxygen atoms in total. The molecule has 1 unspecified atom stereocenters. The van der Waals surface area contributed by atoms with Crippen LogP contribution in [0.5, 0.6) is 0 Å². The average Bonchev–Trinajstić information content (AvgIpc) is 3.08. The van der Waals surface area contributed by atoms with Gasteiger partial charge in [-0.05, 0) is 25.7 Å². The summed E-state index contributed by atoms with van der Waals surface area (Å²) in [5, 5.41) is 8.02. The third kappa shape index (κ3) is 5.21. The molecule has 8 heteroatoms. The van der Waals surface area contributed by atoms with Crippen LogP contribution in [0, 0.1) is 0 Å². The Kier molecular flexibility index (Phi) is 8.11. The molecule has 3 aliphatic heterocycles. The number of nitrogens with zero attached hydrogens (tertiary/aromatic N) is 3. The van der Waals surface area contributed by atoms with Crippen LogP contribution in [-0.4, -0.2) is 45.7 Å². The van der Waals surface area contributed by atoms with E-state index in [9.17, 15) is 0 Å². The lowest BCUT2D eigenvalue weighted by Gasteiger charge is -2.20. The number of halogens is 2. The van der Waals surface area contributed by atoms with Gasteiger partial charge in [0.15, 0.2) is 10.3 Å². The van der Waals surface area contributed by atoms with Gasteiger partial charge in [-0.15, -0.1) is 24.8 Å². The van der Waals surface area contributed by atoms with Crippen LogP contribution in [0.25, 0.3) is 0 Å². The summed E-state index contributed by atoms with van der Waals surface area (Å²) in [5.41, 5.74) is 1.50. The fraction of sp³-hybridized carbons (Fsp3) is 0.733. The topological polar surface area (TPSA) is 40.0 Å². The lowest BCUT2D eigenvalue weighted by Crippen LogP contribution is -2.38. The highest BCUT2D eigenvalue weighted by Gasteiger charge is 2.32. The SMILES string of the molecule is CCCCC1CN2C(CSC3=NCC(C)(C)N3)=CSC2=N1.Cl.Cl. The van der Waals surface area contributed by atoms with Crippen molar-refractivity contribution in [3.8, 4) is 0 Å². The van der Waals surface area contributed by atoms with Gasteiger partial charge in [-0.3, -0.25) is 9.98 Å². The molecule has 0 aromatic rings. The molecule has 1 atom stereocenters. The van der Waals surface area contributed by atoms with Crippen molar-refractivity contribution in [1.82, 2.24) is 10.2 Å². The quantitative estimate of drug-likeness (QED) is 0.758. The van der Waals surface area contributed by atoms with E-state index >= 15 is 0 Å². The normalized spacial score (nSPS) is 24.0. The van der Waals surface area contributed by atoms with E-state index in [1.54, 1.807) is 11.8 Å². The van der Waals surface area contributed by atoms with Crippen molar-refractivity contribution in [3.63, 3.8) is 0 Å². The number of nitrogens with one attached hydrogen (secondary N) is 1. The minimum atomic E-state index is 0. The van der Waals surface area contributed by atoms with E-state index in [2.05, 4.69) is 41.4 Å². The first kappa shape index (κ1) is 21.0. The number of aliphatic imine (C=N–C) groups is 2. The number of hydrogen-bond donors (Lipinski definition) is 1. The van der Waals surface area contributed by atoms with Gasteiger partial charge in [0.25, 0.3) is 0 Å². The molecule has 0 aromatic carbocycles. The largest absolute Gasteiger partial charge is 0.358 e. The molecule has 23 heavy (non-hydrogen) atoms. The number of fused-ring (bicyclic) bond motifs is 1. The van der Waals surface area contributed by atoms with Gasteiger partial charge in [-0.2, -0.15) is 0 Å². The van der Waals surface area contributed by atoms with E-state index in [0.29, 0.717) is 6.04 Å². The Balaban J connectivity index is 0.00000132. The van der Waals surface area contributed by atoms with E-state index in [1.807, 2.05) is 11.8 Å². The maximum Gasteiger partial charge on any atom is 0.168 e. The molecule has 0 aliphatic carbocycles. The number of thioether (sulfide) groups is 2. The number of hydrogen-bond acceptors (Lipinski definition) is 6. The smallest absolute Gasteiger partial charge is 0.168 e. The molecule has 3 rings (SSSR count). The summed E-state index contributed by atoms with van der Waals surface area (Å²) in [5.74, 6) is 0.981. The highest BCUT2D eigenvalue weighted by Crippen LogP contribution is 2.34. The third-order valence-corrected chi connectivity index (χ3v) is 5.75. The Bertz CT molecular complexity index is 506. The van der Waals surface area contributed by atoms with E-state index in [-0.39, 0.29) is 30.4 Å². The van der Waals surface area contributed by atoms with Crippen LogP contribution in [-0.2, 0) is 0 Å². The predicted molar refractivity (Wildman–Crippen MR) is 110 cm³/mol. The zero-order valence-electron chi connectivity index (χ0n) is 13.9. The highest BCUT2D eigenvalue weighted by atomic mass is 35.5. The molecule has 0 radical (unpaired) electrons. The summed E-state index contributed by atoms with van der Waals surface area (Å²) in [6.45, 7) is 8.58. The molecule has 1 N–H and O–H groups in total. The van der Waals surface area contributed by atoms with E-state index in [0.717, 1.165) is 24.0 Å². The summed E-state index contributed by atoms with van der Waals surface area (Å²) < 4.78 is 0. The maximum absolute atomic E-state index is 4.84. The van der Waals surface area contributed by atoms with Gasteiger partial charge in [-0.1, -0.05) is 43.3 Å². The number of amidine groups is 2. The summed E-state index contributed by atoms with van der Waals surface area (Å²) >= 11 is 3.59. The Morgan fingerprint density at radius 2 is 2.22 bits per heavy atom. The number of rotatable bonds is 5. The molecule has 132 valence electrons. The van der Waals surface area contributed by atoms with Crippen LogP contribution in [0.4, 0.5) is 0 Å². The van der Waals surface area contributed by atoms with Crippen molar-refractivity contribution < 1.29 is 0 Å². The van der Waals surface area contributed by atoms with Gasteiger partial charge in [0.1, 0.15) is 0 Å². The predicted octanol–water partition coefficient (Wildman–Crippen LogP) is 4.12. The van der Waals surface area contributed by atoms with E-state index in [4.69, 9.17) is 4.99 Å². The van der Waals surface area contributed by atoms with Gasteiger partial charge < -0.3 is 10.2 Å². The Hall–Kier alpha value is -0.0400. The van der Waals surface area contributed by atoms with Gasteiger partial charge in [-0.25, -0.2) is 0 Å². The zero-order chi connectivity index (χ0) is 14.9. The second kappa shape index (κ2) is 8.88. The first-order valence-electron chi connectivity index (χ1n) is 7.74. The van der Waals surface area contributed by atoms with Crippen molar-refractivity contribution in [1.29, 1.82) is 0 Å². The monoisotopic (exact) mass is 396 g/mol. The van der Waals surface area contributed by atoms with Gasteiger partial charge in [0.2, 0.25) is 0 Å². The van der Waals surface area contributed by atoms with Crippen LogP contribution < -0.4 is 5.32 Å². The molecule has 0 aromatic heterocycles. The Morgan fingerprint density at radius 3 is 2.87 bits per heavy atom. The summed E-state index contributed by atoms with van der Waals surface area (Å²) in [7, 11) is 0. The average molecular weight is 397 g/mol. The molecule has 0 fully saturated rings. The van der Waals surface area contributed by atoms with Crippen molar-refractivity contribution in [2.24, 2.45) is 9.98 Å². The molecule has 0 amide bonds. The van der Waals surface area contributed by atoms with E-state index < -0.39 is 0 Å².